The van der Waals surface area contributed by atoms with Gasteiger partial charge in [-0.3, -0.25) is 0 Å². The van der Waals surface area contributed by atoms with Gasteiger partial charge in [-0.1, -0.05) is 43.7 Å². The van der Waals surface area contributed by atoms with Crippen LogP contribution in [0.3, 0.4) is 0 Å². The lowest BCUT2D eigenvalue weighted by atomic mass is 10.1. The van der Waals surface area contributed by atoms with Crippen LogP contribution in [0.25, 0.3) is 0 Å². The fourth-order valence-corrected chi connectivity index (χ4v) is 2.98. The molecule has 0 aromatic heterocycles. The summed E-state index contributed by atoms with van der Waals surface area (Å²) in [6, 6.07) is 7.51. The summed E-state index contributed by atoms with van der Waals surface area (Å²) in [6.07, 6.45) is 0.334. The van der Waals surface area contributed by atoms with Crippen LogP contribution in [-0.4, -0.2) is 13.9 Å². The summed E-state index contributed by atoms with van der Waals surface area (Å²) < 4.78 is 60.3. The number of benzene rings is 1. The Morgan fingerprint density at radius 1 is 1.18 bits per heavy atom. The van der Waals surface area contributed by atoms with Crippen LogP contribution in [0.4, 0.5) is 13.2 Å². The number of alkyl halides is 3. The Kier molecular flexibility index (Phi) is 4.19. The summed E-state index contributed by atoms with van der Waals surface area (Å²) in [5, 5.41) is -1.51. The lowest BCUT2D eigenvalue weighted by Crippen LogP contribution is -2.29. The topological polar surface area (TPSA) is 34.1 Å². The minimum Gasteiger partial charge on any atom is -0.219 e. The second-order valence-electron chi connectivity index (χ2n) is 3.68. The molecule has 0 aliphatic heterocycles. The molecule has 0 fully saturated rings. The van der Waals surface area contributed by atoms with E-state index in [4.69, 9.17) is 0 Å². The van der Waals surface area contributed by atoms with Gasteiger partial charge in [0.1, 0.15) is 0 Å². The van der Waals surface area contributed by atoms with Gasteiger partial charge in [-0.25, -0.2) is 8.42 Å². The average Bonchev–Trinajstić information content (AvgIpc) is 2.25. The van der Waals surface area contributed by atoms with Crippen molar-refractivity contribution in [1.29, 1.82) is 0 Å². The molecule has 1 aromatic rings. The first-order valence-corrected chi connectivity index (χ1v) is 6.70. The van der Waals surface area contributed by atoms with E-state index in [-0.39, 0.29) is 12.0 Å². The summed E-state index contributed by atoms with van der Waals surface area (Å²) >= 11 is 0. The van der Waals surface area contributed by atoms with Crippen molar-refractivity contribution >= 4 is 9.84 Å². The average molecular weight is 266 g/mol. The van der Waals surface area contributed by atoms with Crippen molar-refractivity contribution in [3.8, 4) is 0 Å². The molecule has 0 saturated heterocycles. The van der Waals surface area contributed by atoms with E-state index in [0.717, 1.165) is 0 Å². The molecule has 0 N–H and O–H groups in total. The highest BCUT2D eigenvalue weighted by Gasteiger charge is 2.50. The van der Waals surface area contributed by atoms with Crippen LogP contribution in [0.2, 0.25) is 0 Å². The molecule has 0 heterocycles. The van der Waals surface area contributed by atoms with Gasteiger partial charge in [0.2, 0.25) is 0 Å². The molecule has 1 aromatic carbocycles. The van der Waals surface area contributed by atoms with Gasteiger partial charge in [0.05, 0.1) is 5.25 Å². The smallest absolute Gasteiger partial charge is 0.219 e. The van der Waals surface area contributed by atoms with Gasteiger partial charge < -0.3 is 0 Å². The minimum absolute atomic E-state index is 0.0359. The molecule has 1 atom stereocenters. The molecular weight excluding hydrogens is 253 g/mol. The number of hydrogen-bond donors (Lipinski definition) is 0. The molecule has 1 unspecified atom stereocenters. The molecule has 17 heavy (non-hydrogen) atoms. The van der Waals surface area contributed by atoms with Gasteiger partial charge in [0.15, 0.2) is 0 Å². The van der Waals surface area contributed by atoms with E-state index in [1.807, 2.05) is 0 Å². The molecule has 6 heteroatoms. The van der Waals surface area contributed by atoms with Gasteiger partial charge in [-0.05, 0) is 12.0 Å². The maximum Gasteiger partial charge on any atom is 0.498 e. The Morgan fingerprint density at radius 2 is 1.71 bits per heavy atom. The van der Waals surface area contributed by atoms with E-state index >= 15 is 0 Å². The lowest BCUT2D eigenvalue weighted by Gasteiger charge is -2.19. The molecule has 0 bridgehead atoms. The van der Waals surface area contributed by atoms with Crippen LogP contribution in [-0.2, 0) is 9.84 Å². The van der Waals surface area contributed by atoms with Crippen LogP contribution >= 0.6 is 0 Å². The SMILES string of the molecule is CCCC(c1ccccc1)S(=O)(=O)C(F)(F)F. The standard InChI is InChI=1S/C11H13F3O2S/c1-2-6-10(9-7-4-3-5-8-9)17(15,16)11(12,13)14/h3-5,7-8,10H,2,6H2,1H3. The van der Waals surface area contributed by atoms with Crippen molar-refractivity contribution in [3.63, 3.8) is 0 Å². The number of rotatable bonds is 4. The fraction of sp³-hybridized carbons (Fsp3) is 0.455. The third-order valence-electron chi connectivity index (χ3n) is 2.42. The first kappa shape index (κ1) is 14.0. The minimum atomic E-state index is -5.21. The molecule has 2 nitrogen and oxygen atoms in total. The van der Waals surface area contributed by atoms with Crippen molar-refractivity contribution in [2.75, 3.05) is 0 Å². The second-order valence-corrected chi connectivity index (χ2v) is 5.80. The van der Waals surface area contributed by atoms with Crippen molar-refractivity contribution in [2.24, 2.45) is 0 Å². The summed E-state index contributed by atoms with van der Waals surface area (Å²) in [6.45, 7) is 1.65. The largest absolute Gasteiger partial charge is 0.498 e. The molecule has 0 spiro atoms. The highest BCUT2D eigenvalue weighted by molar-refractivity contribution is 7.92. The first-order chi connectivity index (χ1) is 7.80. The summed E-state index contributed by atoms with van der Waals surface area (Å²) in [5.41, 5.74) is -5.02. The van der Waals surface area contributed by atoms with Crippen molar-refractivity contribution in [1.82, 2.24) is 0 Å². The zero-order valence-electron chi connectivity index (χ0n) is 9.24. The molecule has 0 saturated carbocycles. The molecule has 0 radical (unpaired) electrons. The van der Waals surface area contributed by atoms with Crippen LogP contribution in [0.5, 0.6) is 0 Å². The Hall–Kier alpha value is -1.04. The Morgan fingerprint density at radius 3 is 2.12 bits per heavy atom. The Labute approximate surface area is 98.4 Å². The Bertz CT molecular complexity index is 451. The molecule has 0 aliphatic carbocycles. The summed E-state index contributed by atoms with van der Waals surface area (Å²) in [4.78, 5) is 0. The molecule has 96 valence electrons. The summed E-state index contributed by atoms with van der Waals surface area (Å²) in [7, 11) is -5.15. The van der Waals surface area contributed by atoms with Gasteiger partial charge >= 0.3 is 5.51 Å². The fourth-order valence-electron chi connectivity index (χ4n) is 1.59. The number of sulfone groups is 1. The molecular formula is C11H13F3O2S. The number of hydrogen-bond acceptors (Lipinski definition) is 2. The van der Waals surface area contributed by atoms with E-state index < -0.39 is 20.6 Å². The second kappa shape index (κ2) is 5.08. The summed E-state index contributed by atoms with van der Waals surface area (Å²) in [5.74, 6) is 0. The van der Waals surface area contributed by atoms with Gasteiger partial charge in [-0.15, -0.1) is 0 Å². The van der Waals surface area contributed by atoms with Gasteiger partial charge in [0.25, 0.3) is 9.84 Å². The third kappa shape index (κ3) is 3.00. The van der Waals surface area contributed by atoms with Crippen LogP contribution in [0.15, 0.2) is 30.3 Å². The maximum absolute atomic E-state index is 12.5. The van der Waals surface area contributed by atoms with Crippen molar-refractivity contribution < 1.29 is 21.6 Å². The lowest BCUT2D eigenvalue weighted by molar-refractivity contribution is -0.0446. The number of halogens is 3. The predicted octanol–water partition coefficient (Wildman–Crippen LogP) is 3.46. The Balaban J connectivity index is 3.20. The molecule has 0 amide bonds. The van der Waals surface area contributed by atoms with E-state index in [9.17, 15) is 21.6 Å². The maximum atomic E-state index is 12.5. The van der Waals surface area contributed by atoms with E-state index in [2.05, 4.69) is 0 Å². The van der Waals surface area contributed by atoms with Gasteiger partial charge in [0, 0.05) is 0 Å². The van der Waals surface area contributed by atoms with Crippen LogP contribution in [0.1, 0.15) is 30.6 Å². The highest BCUT2D eigenvalue weighted by atomic mass is 32.2. The molecule has 0 aliphatic rings. The predicted molar refractivity (Wildman–Crippen MR) is 59.1 cm³/mol. The van der Waals surface area contributed by atoms with Gasteiger partial charge in [-0.2, -0.15) is 13.2 Å². The zero-order chi connectivity index (χ0) is 13.1. The third-order valence-corrected chi connectivity index (χ3v) is 4.32. The van der Waals surface area contributed by atoms with E-state index in [0.29, 0.717) is 6.42 Å². The zero-order valence-corrected chi connectivity index (χ0v) is 10.1. The van der Waals surface area contributed by atoms with E-state index in [1.165, 1.54) is 24.3 Å². The monoisotopic (exact) mass is 266 g/mol. The van der Waals surface area contributed by atoms with Crippen LogP contribution < -0.4 is 0 Å². The van der Waals surface area contributed by atoms with Crippen molar-refractivity contribution in [2.45, 2.75) is 30.5 Å². The van der Waals surface area contributed by atoms with Crippen LogP contribution in [0, 0.1) is 0 Å². The first-order valence-electron chi connectivity index (χ1n) is 5.15. The normalized spacial score (nSPS) is 14.6. The quantitative estimate of drug-likeness (QED) is 0.836. The van der Waals surface area contributed by atoms with Crippen molar-refractivity contribution in [3.05, 3.63) is 35.9 Å². The molecule has 1 rings (SSSR count). The van der Waals surface area contributed by atoms with E-state index in [1.54, 1.807) is 13.0 Å². The highest BCUT2D eigenvalue weighted by Crippen LogP contribution is 2.38.